The van der Waals surface area contributed by atoms with Crippen LogP contribution in [0.5, 0.6) is 5.75 Å². The molecule has 0 saturated heterocycles. The molecule has 0 aliphatic heterocycles. The minimum atomic E-state index is -0.543. The first kappa shape index (κ1) is 33.5. The number of benzene rings is 3. The molecule has 0 spiro atoms. The van der Waals surface area contributed by atoms with Crippen molar-refractivity contribution in [3.63, 3.8) is 0 Å². The lowest BCUT2D eigenvalue weighted by molar-refractivity contribution is 0.145. The van der Waals surface area contributed by atoms with Gasteiger partial charge in [-0.15, -0.1) is 0 Å². The molecule has 0 amide bonds. The molecule has 3 aromatic rings. The fourth-order valence-electron chi connectivity index (χ4n) is 7.83. The summed E-state index contributed by atoms with van der Waals surface area (Å²) in [5, 5.41) is 19.3. The highest BCUT2D eigenvalue weighted by Crippen LogP contribution is 2.60. The molecule has 4 heteroatoms. The zero-order valence-corrected chi connectivity index (χ0v) is 28.7. The van der Waals surface area contributed by atoms with Crippen LogP contribution in [0.15, 0.2) is 137 Å². The van der Waals surface area contributed by atoms with Crippen LogP contribution in [0.1, 0.15) is 63.6 Å². The Bertz CT molecular complexity index is 1820. The zero-order chi connectivity index (χ0) is 33.7. The highest BCUT2D eigenvalue weighted by molar-refractivity contribution is 5.91. The van der Waals surface area contributed by atoms with Gasteiger partial charge >= 0.3 is 0 Å². The van der Waals surface area contributed by atoms with Crippen molar-refractivity contribution >= 4 is 5.57 Å². The van der Waals surface area contributed by atoms with Crippen LogP contribution in [0.3, 0.4) is 0 Å². The molecule has 0 aromatic heterocycles. The van der Waals surface area contributed by atoms with Gasteiger partial charge in [-0.05, 0) is 89.1 Å². The van der Waals surface area contributed by atoms with Gasteiger partial charge in [-0.2, -0.15) is 0 Å². The van der Waals surface area contributed by atoms with E-state index in [0.717, 1.165) is 53.0 Å². The molecule has 3 atom stereocenters. The van der Waals surface area contributed by atoms with Crippen molar-refractivity contribution in [3.8, 4) is 16.9 Å². The van der Waals surface area contributed by atoms with E-state index in [1.54, 1.807) is 0 Å². The molecule has 248 valence electrons. The van der Waals surface area contributed by atoms with Crippen LogP contribution in [0.2, 0.25) is 0 Å². The van der Waals surface area contributed by atoms with E-state index in [-0.39, 0.29) is 26.4 Å². The molecular formula is C44H48O4. The molecule has 3 aliphatic rings. The van der Waals surface area contributed by atoms with Gasteiger partial charge in [0.1, 0.15) is 24.7 Å². The Morgan fingerprint density at radius 2 is 1.67 bits per heavy atom. The summed E-state index contributed by atoms with van der Waals surface area (Å²) in [4.78, 5) is 0. The second kappa shape index (κ2) is 14.8. The predicted octanol–water partition coefficient (Wildman–Crippen LogP) is 9.52. The number of aliphatic hydroxyl groups excluding tert-OH is 2. The fourth-order valence-corrected chi connectivity index (χ4v) is 7.83. The molecule has 3 aliphatic carbocycles. The molecule has 0 bridgehead atoms. The average Bonchev–Trinajstić information content (AvgIpc) is 3.43. The number of fused-ring (bicyclic) bond motifs is 2. The van der Waals surface area contributed by atoms with Crippen molar-refractivity contribution < 1.29 is 19.7 Å². The van der Waals surface area contributed by atoms with Gasteiger partial charge in [0.15, 0.2) is 0 Å². The monoisotopic (exact) mass is 640 g/mol. The normalized spacial score (nSPS) is 22.2. The highest BCUT2D eigenvalue weighted by atomic mass is 16.5. The third-order valence-electron chi connectivity index (χ3n) is 10.0. The lowest BCUT2D eigenvalue weighted by Crippen LogP contribution is -2.34. The number of aliphatic hydroxyl groups is 2. The number of rotatable bonds is 12. The number of allylic oxidation sites excluding steroid dienone is 12. The SMILES string of the molecule is CC/C(=C\C(C1=CCC(C)C=C1)=C(/C)OCCO)C1(c2ccc(OCCO)c(-c3ccccc3)c2)C2=C(C=CCC2C)c2ccccc21. The minimum Gasteiger partial charge on any atom is -0.495 e. The van der Waals surface area contributed by atoms with E-state index in [2.05, 4.69) is 124 Å². The summed E-state index contributed by atoms with van der Waals surface area (Å²) in [7, 11) is 0. The maximum absolute atomic E-state index is 9.67. The van der Waals surface area contributed by atoms with Crippen molar-refractivity contribution in [2.75, 3.05) is 26.4 Å². The Balaban J connectivity index is 1.69. The van der Waals surface area contributed by atoms with Gasteiger partial charge in [-0.25, -0.2) is 0 Å². The molecule has 0 fully saturated rings. The second-order valence-corrected chi connectivity index (χ2v) is 13.1. The highest BCUT2D eigenvalue weighted by Gasteiger charge is 2.50. The van der Waals surface area contributed by atoms with Crippen LogP contribution < -0.4 is 4.74 Å². The first-order valence-corrected chi connectivity index (χ1v) is 17.4. The standard InChI is InChI=1S/C44H48O4/c1-5-35(28-39(32(4)47-26-24-45)34-20-18-30(2)19-21-34)44(41-17-10-9-15-37(41)38-16-11-12-31(3)43(38)44)36-22-23-42(48-27-25-46)40(29-36)33-13-7-6-8-14-33/h6-11,13-18,20-23,28-31,45-46H,5,12,19,24-27H2,1-4H3/b35-28+,39-32-. The largest absolute Gasteiger partial charge is 0.495 e. The van der Waals surface area contributed by atoms with Crippen LogP contribution >= 0.6 is 0 Å². The molecule has 2 N–H and O–H groups in total. The van der Waals surface area contributed by atoms with E-state index >= 15 is 0 Å². The van der Waals surface area contributed by atoms with Gasteiger partial charge in [0.05, 0.1) is 18.6 Å². The van der Waals surface area contributed by atoms with E-state index in [9.17, 15) is 10.2 Å². The van der Waals surface area contributed by atoms with Crippen molar-refractivity contribution in [1.29, 1.82) is 0 Å². The van der Waals surface area contributed by atoms with Crippen molar-refractivity contribution in [2.45, 2.75) is 52.4 Å². The number of hydrogen-bond acceptors (Lipinski definition) is 4. The molecule has 0 heterocycles. The third kappa shape index (κ3) is 6.16. The topological polar surface area (TPSA) is 58.9 Å². The van der Waals surface area contributed by atoms with E-state index in [1.165, 1.54) is 33.4 Å². The predicted molar refractivity (Wildman–Crippen MR) is 197 cm³/mol. The smallest absolute Gasteiger partial charge is 0.127 e. The van der Waals surface area contributed by atoms with E-state index in [0.29, 0.717) is 11.8 Å². The fraction of sp³-hybridized carbons (Fsp3) is 0.318. The third-order valence-corrected chi connectivity index (χ3v) is 10.0. The van der Waals surface area contributed by atoms with Gasteiger partial charge in [0.2, 0.25) is 0 Å². The zero-order valence-electron chi connectivity index (χ0n) is 28.7. The first-order chi connectivity index (χ1) is 23.4. The molecule has 3 unspecified atom stereocenters. The maximum Gasteiger partial charge on any atom is 0.127 e. The summed E-state index contributed by atoms with van der Waals surface area (Å²) >= 11 is 0. The Labute approximate surface area is 286 Å². The lowest BCUT2D eigenvalue weighted by Gasteiger charge is -2.41. The van der Waals surface area contributed by atoms with E-state index in [1.807, 2.05) is 13.0 Å². The van der Waals surface area contributed by atoms with Gasteiger partial charge in [-0.3, -0.25) is 0 Å². The molecule has 0 radical (unpaired) electrons. The van der Waals surface area contributed by atoms with Crippen LogP contribution in [0, 0.1) is 11.8 Å². The Morgan fingerprint density at radius 1 is 0.896 bits per heavy atom. The Morgan fingerprint density at radius 3 is 2.40 bits per heavy atom. The number of ether oxygens (including phenoxy) is 2. The van der Waals surface area contributed by atoms with Crippen molar-refractivity contribution in [3.05, 3.63) is 154 Å². The van der Waals surface area contributed by atoms with Crippen LogP contribution in [-0.4, -0.2) is 36.6 Å². The molecule has 0 saturated carbocycles. The summed E-state index contributed by atoms with van der Waals surface area (Å²) in [5.41, 5.74) is 11.5. The Kier molecular flexibility index (Phi) is 10.3. The van der Waals surface area contributed by atoms with E-state index < -0.39 is 5.41 Å². The Hall–Kier alpha value is -4.38. The van der Waals surface area contributed by atoms with Crippen molar-refractivity contribution in [1.82, 2.24) is 0 Å². The van der Waals surface area contributed by atoms with Crippen molar-refractivity contribution in [2.24, 2.45) is 11.8 Å². The molecule has 4 nitrogen and oxygen atoms in total. The van der Waals surface area contributed by atoms with Crippen LogP contribution in [0.25, 0.3) is 16.7 Å². The summed E-state index contributed by atoms with van der Waals surface area (Å²) in [6, 6.07) is 26.0. The molecule has 6 rings (SSSR count). The molecule has 48 heavy (non-hydrogen) atoms. The quantitative estimate of drug-likeness (QED) is 0.153. The van der Waals surface area contributed by atoms with Crippen LogP contribution in [0.4, 0.5) is 0 Å². The minimum absolute atomic E-state index is 0.0364. The second-order valence-electron chi connectivity index (χ2n) is 13.1. The van der Waals surface area contributed by atoms with Crippen LogP contribution in [-0.2, 0) is 10.2 Å². The summed E-state index contributed by atoms with van der Waals surface area (Å²) in [6.07, 6.45) is 16.6. The summed E-state index contributed by atoms with van der Waals surface area (Å²) in [5.74, 6) is 2.37. The molecule has 3 aromatic carbocycles. The van der Waals surface area contributed by atoms with Gasteiger partial charge in [0, 0.05) is 11.1 Å². The average molecular weight is 641 g/mol. The summed E-state index contributed by atoms with van der Waals surface area (Å²) < 4.78 is 12.3. The maximum atomic E-state index is 9.67. The van der Waals surface area contributed by atoms with Gasteiger partial charge in [-0.1, -0.05) is 123 Å². The van der Waals surface area contributed by atoms with Gasteiger partial charge in [0.25, 0.3) is 0 Å². The number of hydrogen-bond donors (Lipinski definition) is 2. The van der Waals surface area contributed by atoms with E-state index in [4.69, 9.17) is 9.47 Å². The van der Waals surface area contributed by atoms with Gasteiger partial charge < -0.3 is 19.7 Å². The molecular weight excluding hydrogens is 592 g/mol. The lowest BCUT2D eigenvalue weighted by atomic mass is 9.61. The first-order valence-electron chi connectivity index (χ1n) is 17.4. The summed E-state index contributed by atoms with van der Waals surface area (Å²) in [6.45, 7) is 9.29.